The molecule has 2 N–H and O–H groups in total. The van der Waals surface area contributed by atoms with Crippen LogP contribution in [0.15, 0.2) is 10.6 Å². The van der Waals surface area contributed by atoms with E-state index in [1.54, 1.807) is 6.92 Å². The number of nitrogens with one attached hydrogen (secondary N) is 1. The molecule has 2 unspecified atom stereocenters. The van der Waals surface area contributed by atoms with Crippen molar-refractivity contribution in [3.8, 4) is 0 Å². The number of aliphatic carboxylic acids is 1. The summed E-state index contributed by atoms with van der Waals surface area (Å²) in [6.07, 6.45) is 0.0581. The Balaban J connectivity index is 1.79. The summed E-state index contributed by atoms with van der Waals surface area (Å²) in [6.45, 7) is 1.99. The predicted octanol–water partition coefficient (Wildman–Crippen LogP) is 0.345. The average molecular weight is 254 g/mol. The van der Waals surface area contributed by atoms with Crippen LogP contribution < -0.4 is 5.32 Å². The van der Waals surface area contributed by atoms with Gasteiger partial charge in [-0.25, -0.2) is 4.79 Å². The number of carboxylic acid groups (broad SMARTS) is 1. The minimum atomic E-state index is -0.963. The normalized spacial score (nSPS) is 22.9. The largest absolute Gasteiger partial charge is 0.479 e. The third-order valence-corrected chi connectivity index (χ3v) is 2.73. The van der Waals surface area contributed by atoms with Gasteiger partial charge in [-0.3, -0.25) is 4.79 Å². The van der Waals surface area contributed by atoms with Crippen molar-refractivity contribution in [3.63, 3.8) is 0 Å². The van der Waals surface area contributed by atoms with Gasteiger partial charge in [-0.1, -0.05) is 5.16 Å². The van der Waals surface area contributed by atoms with Gasteiger partial charge in [-0.2, -0.15) is 0 Å². The highest BCUT2D eigenvalue weighted by Crippen LogP contribution is 2.19. The second-order valence-electron chi connectivity index (χ2n) is 4.20. The maximum absolute atomic E-state index is 11.6. The van der Waals surface area contributed by atoms with Gasteiger partial charge >= 0.3 is 5.97 Å². The predicted molar refractivity (Wildman–Crippen MR) is 59.1 cm³/mol. The lowest BCUT2D eigenvalue weighted by Gasteiger charge is -2.11. The number of carbonyl (C=O) groups excluding carboxylic acids is 1. The van der Waals surface area contributed by atoms with Gasteiger partial charge in [-0.15, -0.1) is 0 Å². The molecule has 98 valence electrons. The average Bonchev–Trinajstić information content (AvgIpc) is 2.94. The summed E-state index contributed by atoms with van der Waals surface area (Å²) >= 11 is 0. The third kappa shape index (κ3) is 2.86. The van der Waals surface area contributed by atoms with E-state index in [1.807, 2.05) is 0 Å². The van der Waals surface area contributed by atoms with Gasteiger partial charge in [0.05, 0.1) is 11.8 Å². The highest BCUT2D eigenvalue weighted by Gasteiger charge is 2.30. The van der Waals surface area contributed by atoms with E-state index in [9.17, 15) is 9.59 Å². The molecule has 18 heavy (non-hydrogen) atoms. The molecule has 0 radical (unpaired) electrons. The highest BCUT2D eigenvalue weighted by atomic mass is 16.5. The SMILES string of the molecule is Cc1cc(C(=O)NCC2CCC(C(=O)O)O2)on1. The molecule has 1 amide bonds. The van der Waals surface area contributed by atoms with Crippen LogP contribution in [-0.2, 0) is 9.53 Å². The summed E-state index contributed by atoms with van der Waals surface area (Å²) in [5.41, 5.74) is 0.628. The van der Waals surface area contributed by atoms with Crippen LogP contribution in [-0.4, -0.2) is 40.9 Å². The number of aryl methyl sites for hydroxylation is 1. The summed E-state index contributed by atoms with van der Waals surface area (Å²) in [7, 11) is 0. The van der Waals surface area contributed by atoms with Crippen molar-refractivity contribution < 1.29 is 24.0 Å². The number of nitrogens with zero attached hydrogens (tertiary/aromatic N) is 1. The van der Waals surface area contributed by atoms with Crippen molar-refractivity contribution in [1.29, 1.82) is 0 Å². The van der Waals surface area contributed by atoms with Crippen molar-refractivity contribution in [2.75, 3.05) is 6.54 Å². The molecule has 0 aliphatic carbocycles. The number of carboxylic acids is 1. The molecule has 1 fully saturated rings. The first kappa shape index (κ1) is 12.6. The molecule has 0 spiro atoms. The van der Waals surface area contributed by atoms with Crippen molar-refractivity contribution in [2.45, 2.75) is 32.0 Å². The standard InChI is InChI=1S/C11H14N2O5/c1-6-4-9(18-13-6)10(14)12-5-7-2-3-8(17-7)11(15)16/h4,7-8H,2-3,5H2,1H3,(H,12,14)(H,15,16). The number of ether oxygens (including phenoxy) is 1. The van der Waals surface area contributed by atoms with Crippen molar-refractivity contribution in [2.24, 2.45) is 0 Å². The summed E-state index contributed by atoms with van der Waals surface area (Å²) in [6, 6.07) is 1.53. The second-order valence-corrected chi connectivity index (χ2v) is 4.20. The lowest BCUT2D eigenvalue weighted by Crippen LogP contribution is -2.32. The van der Waals surface area contributed by atoms with E-state index in [4.69, 9.17) is 14.4 Å². The second kappa shape index (κ2) is 5.18. The minimum Gasteiger partial charge on any atom is -0.479 e. The first-order valence-corrected chi connectivity index (χ1v) is 5.66. The van der Waals surface area contributed by atoms with Crippen LogP contribution in [0.1, 0.15) is 29.1 Å². The van der Waals surface area contributed by atoms with Gasteiger partial charge in [-0.05, 0) is 19.8 Å². The molecule has 0 bridgehead atoms. The Morgan fingerprint density at radius 2 is 2.33 bits per heavy atom. The van der Waals surface area contributed by atoms with E-state index in [-0.39, 0.29) is 24.3 Å². The molecule has 7 heteroatoms. The van der Waals surface area contributed by atoms with E-state index in [0.29, 0.717) is 18.5 Å². The molecule has 1 aromatic rings. The van der Waals surface area contributed by atoms with E-state index in [1.165, 1.54) is 6.07 Å². The van der Waals surface area contributed by atoms with Crippen LogP contribution in [0.3, 0.4) is 0 Å². The van der Waals surface area contributed by atoms with E-state index < -0.39 is 12.1 Å². The molecular weight excluding hydrogens is 240 g/mol. The maximum Gasteiger partial charge on any atom is 0.332 e. The molecule has 2 rings (SSSR count). The van der Waals surface area contributed by atoms with Gasteiger partial charge < -0.3 is 19.7 Å². The monoisotopic (exact) mass is 254 g/mol. The van der Waals surface area contributed by atoms with Crippen LogP contribution in [0, 0.1) is 6.92 Å². The molecule has 0 aromatic carbocycles. The number of carbonyl (C=O) groups is 2. The van der Waals surface area contributed by atoms with Gasteiger partial charge in [0.15, 0.2) is 6.10 Å². The van der Waals surface area contributed by atoms with Crippen LogP contribution in [0.2, 0.25) is 0 Å². The Labute approximate surface area is 103 Å². The molecule has 1 saturated heterocycles. The quantitative estimate of drug-likeness (QED) is 0.803. The number of aromatic nitrogens is 1. The summed E-state index contributed by atoms with van der Waals surface area (Å²) in [5, 5.41) is 15.0. The maximum atomic E-state index is 11.6. The molecular formula is C11H14N2O5. The Hall–Kier alpha value is -1.89. The molecule has 2 atom stereocenters. The fraction of sp³-hybridized carbons (Fsp3) is 0.545. The molecule has 1 aliphatic heterocycles. The fourth-order valence-electron chi connectivity index (χ4n) is 1.80. The highest BCUT2D eigenvalue weighted by molar-refractivity contribution is 5.91. The van der Waals surface area contributed by atoms with Crippen LogP contribution >= 0.6 is 0 Å². The van der Waals surface area contributed by atoms with E-state index in [2.05, 4.69) is 10.5 Å². The Kier molecular flexibility index (Phi) is 3.61. The first-order valence-electron chi connectivity index (χ1n) is 5.66. The number of hydrogen-bond donors (Lipinski definition) is 2. The Morgan fingerprint density at radius 1 is 1.56 bits per heavy atom. The fourth-order valence-corrected chi connectivity index (χ4v) is 1.80. The molecule has 2 heterocycles. The smallest absolute Gasteiger partial charge is 0.332 e. The number of amides is 1. The molecule has 0 saturated carbocycles. The Morgan fingerprint density at radius 3 is 2.89 bits per heavy atom. The lowest BCUT2D eigenvalue weighted by molar-refractivity contribution is -0.149. The zero-order valence-electron chi connectivity index (χ0n) is 9.88. The molecule has 7 nitrogen and oxygen atoms in total. The van der Waals surface area contributed by atoms with Gasteiger partial charge in [0.25, 0.3) is 5.91 Å². The van der Waals surface area contributed by atoms with Gasteiger partial charge in [0.1, 0.15) is 0 Å². The molecule has 1 aromatic heterocycles. The Bertz CT molecular complexity index is 456. The van der Waals surface area contributed by atoms with Crippen molar-refractivity contribution in [1.82, 2.24) is 10.5 Å². The lowest BCUT2D eigenvalue weighted by atomic mass is 10.2. The number of hydrogen-bond acceptors (Lipinski definition) is 5. The topological polar surface area (TPSA) is 102 Å². The van der Waals surface area contributed by atoms with Gasteiger partial charge in [0, 0.05) is 12.6 Å². The van der Waals surface area contributed by atoms with E-state index in [0.717, 1.165) is 0 Å². The van der Waals surface area contributed by atoms with Crippen LogP contribution in [0.25, 0.3) is 0 Å². The van der Waals surface area contributed by atoms with Gasteiger partial charge in [0.2, 0.25) is 5.76 Å². The summed E-state index contributed by atoms with van der Waals surface area (Å²) in [5.74, 6) is -1.20. The van der Waals surface area contributed by atoms with Crippen LogP contribution in [0.5, 0.6) is 0 Å². The zero-order valence-corrected chi connectivity index (χ0v) is 9.88. The van der Waals surface area contributed by atoms with Crippen molar-refractivity contribution >= 4 is 11.9 Å². The minimum absolute atomic E-state index is 0.139. The van der Waals surface area contributed by atoms with Crippen LogP contribution in [0.4, 0.5) is 0 Å². The van der Waals surface area contributed by atoms with E-state index >= 15 is 0 Å². The summed E-state index contributed by atoms with van der Waals surface area (Å²) < 4.78 is 10.1. The summed E-state index contributed by atoms with van der Waals surface area (Å²) in [4.78, 5) is 22.3. The third-order valence-electron chi connectivity index (χ3n) is 2.73. The first-order chi connectivity index (χ1) is 8.56. The zero-order chi connectivity index (χ0) is 13.1. The van der Waals surface area contributed by atoms with Crippen molar-refractivity contribution in [3.05, 3.63) is 17.5 Å². The number of rotatable bonds is 4. The molecule has 1 aliphatic rings.